The van der Waals surface area contributed by atoms with Crippen LogP contribution in [0.15, 0.2) is 60.0 Å². The minimum atomic E-state index is -0.477. The van der Waals surface area contributed by atoms with Crippen LogP contribution in [-0.4, -0.2) is 55.5 Å². The summed E-state index contributed by atoms with van der Waals surface area (Å²) in [4.78, 5) is 44.6. The maximum atomic E-state index is 14.1. The molecular weight excluding hydrogens is 571 g/mol. The average Bonchev–Trinajstić information content (AvgIpc) is 2.94. The van der Waals surface area contributed by atoms with E-state index in [1.54, 1.807) is 27.8 Å². The number of anilines is 1. The second-order valence-corrected chi connectivity index (χ2v) is 11.6. The number of amides is 1. The van der Waals surface area contributed by atoms with E-state index in [-0.39, 0.29) is 31.3 Å². The number of benzene rings is 1. The molecule has 0 saturated carbocycles. The summed E-state index contributed by atoms with van der Waals surface area (Å²) in [6.07, 6.45) is 3.08. The second-order valence-electron chi connectivity index (χ2n) is 10.8. The van der Waals surface area contributed by atoms with Gasteiger partial charge in [0.2, 0.25) is 5.91 Å². The van der Waals surface area contributed by atoms with E-state index in [1.807, 2.05) is 58.9 Å². The summed E-state index contributed by atoms with van der Waals surface area (Å²) in [5.74, 6) is 0.386. The van der Waals surface area contributed by atoms with Crippen molar-refractivity contribution in [3.8, 4) is 16.9 Å². The fourth-order valence-electron chi connectivity index (χ4n) is 5.50. The van der Waals surface area contributed by atoms with Gasteiger partial charge in [0.05, 0.1) is 32.5 Å². The Morgan fingerprint density at radius 3 is 2.45 bits per heavy atom. The Hall–Kier alpha value is -3.75. The van der Waals surface area contributed by atoms with E-state index in [2.05, 4.69) is 21.4 Å². The van der Waals surface area contributed by atoms with Crippen LogP contribution in [0.5, 0.6) is 0 Å². The lowest BCUT2D eigenvalue weighted by Gasteiger charge is -2.44. The highest BCUT2D eigenvalue weighted by Gasteiger charge is 2.34. The smallest absolute Gasteiger partial charge is 0.349 e. The zero-order valence-corrected chi connectivity index (χ0v) is 25.2. The number of nitrogens with zero attached hydrogens (tertiary/aromatic N) is 6. The number of carbonyl (C=O) groups excluding carboxylic acids is 1. The first-order chi connectivity index (χ1) is 19.5. The Balaban J connectivity index is 0.00000405. The molecule has 4 heterocycles. The van der Waals surface area contributed by atoms with Crippen molar-refractivity contribution in [2.45, 2.75) is 60.0 Å². The van der Waals surface area contributed by atoms with Crippen LogP contribution in [0.1, 0.15) is 52.3 Å². The fraction of sp³-hybridized carbons (Fsp3) is 0.344. The van der Waals surface area contributed by atoms with Gasteiger partial charge in [0.1, 0.15) is 5.82 Å². The van der Waals surface area contributed by atoms with E-state index in [4.69, 9.17) is 28.2 Å². The Kier molecular flexibility index (Phi) is 9.09. The molecule has 1 aliphatic heterocycles. The van der Waals surface area contributed by atoms with Crippen LogP contribution in [0.4, 0.5) is 5.82 Å². The summed E-state index contributed by atoms with van der Waals surface area (Å²) in [5.41, 5.74) is 3.33. The van der Waals surface area contributed by atoms with Crippen LogP contribution < -0.4 is 10.6 Å². The van der Waals surface area contributed by atoms with Crippen molar-refractivity contribution in [1.82, 2.24) is 24.4 Å². The summed E-state index contributed by atoms with van der Waals surface area (Å²) in [5, 5.41) is 1.49. The molecule has 8 nitrogen and oxygen atoms in total. The molecule has 0 N–H and O–H groups in total. The molecular formula is C32H36Cl2N6O2. The van der Waals surface area contributed by atoms with Crippen molar-refractivity contribution >= 4 is 46.0 Å². The summed E-state index contributed by atoms with van der Waals surface area (Å²) < 4.78 is 1.54. The highest BCUT2D eigenvalue weighted by Crippen LogP contribution is 2.37. The molecule has 0 unspecified atom stereocenters. The van der Waals surface area contributed by atoms with Crippen molar-refractivity contribution in [1.29, 1.82) is 0 Å². The average molecular weight is 608 g/mol. The van der Waals surface area contributed by atoms with Gasteiger partial charge in [-0.3, -0.25) is 9.78 Å². The molecule has 1 amide bonds. The van der Waals surface area contributed by atoms with E-state index >= 15 is 0 Å². The molecule has 1 aromatic carbocycles. The van der Waals surface area contributed by atoms with Gasteiger partial charge in [0.15, 0.2) is 5.65 Å². The summed E-state index contributed by atoms with van der Waals surface area (Å²) in [7, 11) is 0. The predicted octanol–water partition coefficient (Wildman–Crippen LogP) is 6.83. The monoisotopic (exact) mass is 606 g/mol. The number of aryl methyl sites for hydroxylation is 1. The number of piperazine rings is 1. The van der Waals surface area contributed by atoms with Gasteiger partial charge in [0, 0.05) is 36.9 Å². The van der Waals surface area contributed by atoms with Gasteiger partial charge in [-0.1, -0.05) is 69.3 Å². The molecule has 0 radical (unpaired) electrons. The molecule has 1 aliphatic rings. The largest absolute Gasteiger partial charge is 0.355 e. The third-order valence-electron chi connectivity index (χ3n) is 7.57. The number of hydrogen-bond acceptors (Lipinski definition) is 6. The van der Waals surface area contributed by atoms with Crippen molar-refractivity contribution in [2.75, 3.05) is 18.0 Å². The molecule has 10 heteroatoms. The van der Waals surface area contributed by atoms with E-state index in [9.17, 15) is 9.59 Å². The molecule has 4 aromatic rings. The fourth-order valence-corrected chi connectivity index (χ4v) is 5.98. The van der Waals surface area contributed by atoms with Gasteiger partial charge in [-0.25, -0.2) is 14.3 Å². The Morgan fingerprint density at radius 1 is 1.07 bits per heavy atom. The van der Waals surface area contributed by atoms with Crippen molar-refractivity contribution in [2.24, 2.45) is 0 Å². The Morgan fingerprint density at radius 2 is 1.79 bits per heavy atom. The molecule has 5 rings (SSSR count). The summed E-state index contributed by atoms with van der Waals surface area (Å²) in [6, 6.07) is 10.7. The minimum Gasteiger partial charge on any atom is -0.349 e. The first kappa shape index (κ1) is 31.2. The molecule has 0 bridgehead atoms. The number of pyridine rings is 2. The number of hydrogen-bond donors (Lipinski definition) is 0. The molecule has 1 fully saturated rings. The number of carbonyl (C=O) groups is 1. The van der Waals surface area contributed by atoms with Crippen LogP contribution >= 0.6 is 23.2 Å². The highest BCUT2D eigenvalue weighted by molar-refractivity contribution is 6.36. The first-order valence-corrected chi connectivity index (χ1v) is 14.3. The van der Waals surface area contributed by atoms with E-state index in [0.29, 0.717) is 56.9 Å². The zero-order chi connectivity index (χ0) is 29.6. The van der Waals surface area contributed by atoms with Crippen LogP contribution in [0, 0.1) is 6.92 Å². The van der Waals surface area contributed by atoms with Crippen LogP contribution in [0.25, 0.3) is 28.0 Å². The standard InChI is InChI=1S/C31H32Cl2N6O2.CH4/c1-7-25(40)37-15-20(6)38(16-19(37)5)29-22-14-24(33)27(21-10-8-9-11-23(21)32)35-30(22)39(31(41)36-29)28-18(4)12-13-34-26(28)17(2)3;/h7-14,17,19-20H,1,15-16H2,2-6H3;1H4/t19-,20+;/m1./s1. The van der Waals surface area contributed by atoms with E-state index < -0.39 is 5.69 Å². The third-order valence-corrected chi connectivity index (χ3v) is 8.19. The number of aromatic nitrogens is 4. The number of halogens is 2. The molecule has 1 saturated heterocycles. The lowest BCUT2D eigenvalue weighted by Crippen LogP contribution is -2.58. The second kappa shape index (κ2) is 12.2. The van der Waals surface area contributed by atoms with E-state index in [0.717, 1.165) is 11.3 Å². The number of fused-ring (bicyclic) bond motifs is 1. The highest BCUT2D eigenvalue weighted by atomic mass is 35.5. The Labute approximate surface area is 256 Å². The molecule has 220 valence electrons. The maximum Gasteiger partial charge on any atom is 0.355 e. The zero-order valence-electron chi connectivity index (χ0n) is 23.7. The van der Waals surface area contributed by atoms with Crippen molar-refractivity contribution in [3.05, 3.63) is 87.0 Å². The number of rotatable bonds is 5. The third kappa shape index (κ3) is 5.41. The predicted molar refractivity (Wildman–Crippen MR) is 172 cm³/mol. The maximum absolute atomic E-state index is 14.1. The lowest BCUT2D eigenvalue weighted by atomic mass is 10.0. The van der Waals surface area contributed by atoms with Gasteiger partial charge in [-0.05, 0) is 56.5 Å². The van der Waals surface area contributed by atoms with Crippen LogP contribution in [0.3, 0.4) is 0 Å². The molecule has 3 aromatic heterocycles. The lowest BCUT2D eigenvalue weighted by molar-refractivity contribution is -0.128. The normalized spacial score (nSPS) is 17.0. The van der Waals surface area contributed by atoms with Gasteiger partial charge < -0.3 is 9.80 Å². The summed E-state index contributed by atoms with van der Waals surface area (Å²) >= 11 is 13.5. The van der Waals surface area contributed by atoms with Crippen LogP contribution in [0.2, 0.25) is 10.0 Å². The summed E-state index contributed by atoms with van der Waals surface area (Å²) in [6.45, 7) is 14.6. The molecule has 0 spiro atoms. The van der Waals surface area contributed by atoms with Crippen molar-refractivity contribution in [3.63, 3.8) is 0 Å². The van der Waals surface area contributed by atoms with Gasteiger partial charge in [0.25, 0.3) is 0 Å². The van der Waals surface area contributed by atoms with Gasteiger partial charge in [-0.2, -0.15) is 4.98 Å². The first-order valence-electron chi connectivity index (χ1n) is 13.6. The Bertz CT molecular complexity index is 1730. The van der Waals surface area contributed by atoms with Gasteiger partial charge >= 0.3 is 5.69 Å². The minimum absolute atomic E-state index is 0. The van der Waals surface area contributed by atoms with Crippen LogP contribution in [-0.2, 0) is 4.79 Å². The van der Waals surface area contributed by atoms with Crippen molar-refractivity contribution < 1.29 is 4.79 Å². The molecule has 0 aliphatic carbocycles. The molecule has 2 atom stereocenters. The molecule has 42 heavy (non-hydrogen) atoms. The topological polar surface area (TPSA) is 84.2 Å². The van der Waals surface area contributed by atoms with E-state index in [1.165, 1.54) is 6.08 Å². The quantitative estimate of drug-likeness (QED) is 0.231. The van der Waals surface area contributed by atoms with Gasteiger partial charge in [-0.15, -0.1) is 0 Å². The SMILES string of the molecule is C.C=CC(=O)N1C[C@H](C)N(c2nc(=O)n(-c3c(C)ccnc3C(C)C)c3nc(-c4ccccc4Cl)c(Cl)cc23)C[C@H]1C.